The summed E-state index contributed by atoms with van der Waals surface area (Å²) in [7, 11) is -3.76. The second-order valence-electron chi connectivity index (χ2n) is 6.16. The molecule has 0 spiro atoms. The maximum Gasteiger partial charge on any atom is 0.267 e. The van der Waals surface area contributed by atoms with Crippen LogP contribution >= 0.6 is 11.3 Å². The highest BCUT2D eigenvalue weighted by Gasteiger charge is 2.32. The first kappa shape index (κ1) is 17.8. The van der Waals surface area contributed by atoms with Crippen molar-refractivity contribution in [3.8, 4) is 0 Å². The fraction of sp³-hybridized carbons (Fsp3) is 0.158. The maximum atomic E-state index is 13.2. The van der Waals surface area contributed by atoms with E-state index in [4.69, 9.17) is 0 Å². The van der Waals surface area contributed by atoms with Crippen LogP contribution in [0, 0.1) is 0 Å². The van der Waals surface area contributed by atoms with Crippen molar-refractivity contribution >= 4 is 33.0 Å². The Morgan fingerprint density at radius 3 is 2.59 bits per heavy atom. The van der Waals surface area contributed by atoms with Gasteiger partial charge in [-0.3, -0.25) is 9.78 Å². The molecule has 0 fully saturated rings. The highest BCUT2D eigenvalue weighted by molar-refractivity contribution is 7.89. The molecule has 0 radical (unpaired) electrons. The number of hydrogen-bond acceptors (Lipinski definition) is 5. The van der Waals surface area contributed by atoms with Gasteiger partial charge in [0.1, 0.15) is 9.77 Å². The van der Waals surface area contributed by atoms with Crippen LogP contribution in [0.5, 0.6) is 0 Å². The largest absolute Gasteiger partial charge is 0.321 e. The van der Waals surface area contributed by atoms with Gasteiger partial charge in [-0.25, -0.2) is 8.42 Å². The monoisotopic (exact) mass is 399 g/mol. The highest BCUT2D eigenvalue weighted by Crippen LogP contribution is 2.29. The van der Waals surface area contributed by atoms with Gasteiger partial charge in [0, 0.05) is 31.2 Å². The van der Waals surface area contributed by atoms with E-state index in [2.05, 4.69) is 10.3 Å². The zero-order chi connectivity index (χ0) is 18.9. The second kappa shape index (κ2) is 7.22. The summed E-state index contributed by atoms with van der Waals surface area (Å²) in [5.74, 6) is -0.438. The number of amides is 1. The zero-order valence-corrected chi connectivity index (χ0v) is 16.0. The van der Waals surface area contributed by atoms with E-state index in [-0.39, 0.29) is 9.77 Å². The number of carbonyl (C=O) groups excluding carboxylic acids is 1. The SMILES string of the molecule is O=C(Nc1ccncc1)c1sccc1S(=O)(=O)N1CCc2ccccc2C1. The molecule has 27 heavy (non-hydrogen) atoms. The maximum absolute atomic E-state index is 13.2. The summed E-state index contributed by atoms with van der Waals surface area (Å²) >= 11 is 1.12. The fourth-order valence-corrected chi connectivity index (χ4v) is 5.82. The Hall–Kier alpha value is -2.55. The Labute approximate surface area is 161 Å². The average Bonchev–Trinajstić information content (AvgIpc) is 3.19. The minimum Gasteiger partial charge on any atom is -0.321 e. The smallest absolute Gasteiger partial charge is 0.267 e. The summed E-state index contributed by atoms with van der Waals surface area (Å²) in [6.45, 7) is 0.723. The molecular weight excluding hydrogens is 382 g/mol. The van der Waals surface area contributed by atoms with E-state index < -0.39 is 15.9 Å². The number of anilines is 1. The Kier molecular flexibility index (Phi) is 4.77. The minimum absolute atomic E-state index is 0.0541. The third-order valence-electron chi connectivity index (χ3n) is 4.49. The lowest BCUT2D eigenvalue weighted by atomic mass is 10.0. The van der Waals surface area contributed by atoms with Crippen LogP contribution < -0.4 is 5.32 Å². The molecule has 0 atom stereocenters. The van der Waals surface area contributed by atoms with Crippen LogP contribution in [0.3, 0.4) is 0 Å². The summed E-state index contributed by atoms with van der Waals surface area (Å²) in [6.07, 6.45) is 3.79. The lowest BCUT2D eigenvalue weighted by Gasteiger charge is -2.28. The second-order valence-corrected chi connectivity index (χ2v) is 8.98. The summed E-state index contributed by atoms with van der Waals surface area (Å²) in [4.78, 5) is 16.8. The average molecular weight is 399 g/mol. The fourth-order valence-electron chi connectivity index (χ4n) is 3.10. The molecule has 3 heterocycles. The number of fused-ring (bicyclic) bond motifs is 1. The van der Waals surface area contributed by atoms with Gasteiger partial charge in [0.05, 0.1) is 0 Å². The van der Waals surface area contributed by atoms with Crippen molar-refractivity contribution in [1.82, 2.24) is 9.29 Å². The molecule has 0 unspecified atom stereocenters. The van der Waals surface area contributed by atoms with Crippen molar-refractivity contribution in [2.24, 2.45) is 0 Å². The molecule has 0 aliphatic carbocycles. The van der Waals surface area contributed by atoms with E-state index in [0.717, 1.165) is 16.9 Å². The number of rotatable bonds is 4. The molecule has 3 aromatic rings. The molecule has 2 aromatic heterocycles. The molecule has 6 nitrogen and oxygen atoms in total. The Balaban J connectivity index is 1.61. The van der Waals surface area contributed by atoms with Crippen molar-refractivity contribution < 1.29 is 13.2 Å². The van der Waals surface area contributed by atoms with E-state index in [0.29, 0.717) is 25.2 Å². The number of carbonyl (C=O) groups is 1. The molecule has 1 amide bonds. The summed E-state index contributed by atoms with van der Waals surface area (Å²) < 4.78 is 27.8. The van der Waals surface area contributed by atoms with Gasteiger partial charge in [0.2, 0.25) is 10.0 Å². The Morgan fingerprint density at radius 1 is 1.07 bits per heavy atom. The Bertz CT molecular complexity index is 1080. The van der Waals surface area contributed by atoms with Gasteiger partial charge >= 0.3 is 0 Å². The van der Waals surface area contributed by atoms with Gasteiger partial charge < -0.3 is 5.32 Å². The van der Waals surface area contributed by atoms with Crippen LogP contribution in [0.4, 0.5) is 5.69 Å². The molecular formula is C19H17N3O3S2. The van der Waals surface area contributed by atoms with Crippen LogP contribution in [-0.2, 0) is 23.0 Å². The predicted molar refractivity (Wildman–Crippen MR) is 104 cm³/mol. The number of nitrogens with zero attached hydrogens (tertiary/aromatic N) is 2. The lowest BCUT2D eigenvalue weighted by Crippen LogP contribution is -2.36. The molecule has 0 saturated carbocycles. The van der Waals surface area contributed by atoms with E-state index >= 15 is 0 Å². The number of pyridine rings is 1. The van der Waals surface area contributed by atoms with Crippen LogP contribution in [0.25, 0.3) is 0 Å². The predicted octanol–water partition coefficient (Wildman–Crippen LogP) is 3.14. The Morgan fingerprint density at radius 2 is 1.81 bits per heavy atom. The van der Waals surface area contributed by atoms with E-state index in [1.807, 2.05) is 24.3 Å². The third-order valence-corrected chi connectivity index (χ3v) is 7.42. The highest BCUT2D eigenvalue weighted by atomic mass is 32.2. The van der Waals surface area contributed by atoms with Gasteiger partial charge in [0.25, 0.3) is 5.91 Å². The number of nitrogens with one attached hydrogen (secondary N) is 1. The van der Waals surface area contributed by atoms with E-state index in [9.17, 15) is 13.2 Å². The topological polar surface area (TPSA) is 79.4 Å². The van der Waals surface area contributed by atoms with Crippen molar-refractivity contribution in [2.75, 3.05) is 11.9 Å². The quantitative estimate of drug-likeness (QED) is 0.731. The molecule has 0 saturated heterocycles. The third kappa shape index (κ3) is 3.51. The van der Waals surface area contributed by atoms with Crippen LogP contribution in [-0.4, -0.2) is 30.2 Å². The first-order chi connectivity index (χ1) is 13.1. The molecule has 1 aliphatic heterocycles. The lowest BCUT2D eigenvalue weighted by molar-refractivity contribution is 0.102. The summed E-state index contributed by atoms with van der Waals surface area (Å²) in [5, 5.41) is 4.36. The number of aromatic nitrogens is 1. The van der Waals surface area contributed by atoms with Gasteiger partial charge in [-0.15, -0.1) is 11.3 Å². The standard InChI is InChI=1S/C19H17N3O3S2/c23-19(21-16-5-9-20-10-6-16)18-17(8-12-26-18)27(24,25)22-11-7-14-3-1-2-4-15(14)13-22/h1-6,8-10,12H,7,11,13H2,(H,20,21,23). The summed E-state index contributed by atoms with van der Waals surface area (Å²) in [5.41, 5.74) is 2.74. The van der Waals surface area contributed by atoms with Crippen molar-refractivity contribution in [1.29, 1.82) is 0 Å². The molecule has 0 bridgehead atoms. The number of sulfonamides is 1. The van der Waals surface area contributed by atoms with Crippen LogP contribution in [0.2, 0.25) is 0 Å². The molecule has 1 aromatic carbocycles. The van der Waals surface area contributed by atoms with Gasteiger partial charge in [-0.1, -0.05) is 24.3 Å². The molecule has 8 heteroatoms. The number of benzene rings is 1. The van der Waals surface area contributed by atoms with Crippen molar-refractivity contribution in [3.63, 3.8) is 0 Å². The van der Waals surface area contributed by atoms with Crippen molar-refractivity contribution in [2.45, 2.75) is 17.9 Å². The van der Waals surface area contributed by atoms with Crippen LogP contribution in [0.1, 0.15) is 20.8 Å². The number of thiophene rings is 1. The van der Waals surface area contributed by atoms with E-state index in [1.165, 1.54) is 15.9 Å². The summed E-state index contributed by atoms with van der Waals surface area (Å²) in [6, 6.07) is 12.7. The van der Waals surface area contributed by atoms with Crippen molar-refractivity contribution in [3.05, 3.63) is 76.2 Å². The normalized spacial score (nSPS) is 14.5. The first-order valence-electron chi connectivity index (χ1n) is 8.41. The van der Waals surface area contributed by atoms with Gasteiger partial charge in [-0.2, -0.15) is 4.31 Å². The van der Waals surface area contributed by atoms with Crippen LogP contribution in [0.15, 0.2) is 65.1 Å². The van der Waals surface area contributed by atoms with Gasteiger partial charge in [-0.05, 0) is 41.1 Å². The molecule has 138 valence electrons. The molecule has 4 rings (SSSR count). The van der Waals surface area contributed by atoms with E-state index in [1.54, 1.807) is 29.9 Å². The zero-order valence-electron chi connectivity index (χ0n) is 14.3. The molecule has 1 aliphatic rings. The number of hydrogen-bond donors (Lipinski definition) is 1. The minimum atomic E-state index is -3.76. The molecule has 1 N–H and O–H groups in total. The van der Waals surface area contributed by atoms with Gasteiger partial charge in [0.15, 0.2) is 0 Å². The first-order valence-corrected chi connectivity index (χ1v) is 10.7.